The fourth-order valence-electron chi connectivity index (χ4n) is 3.79. The molecule has 0 aromatic heterocycles. The summed E-state index contributed by atoms with van der Waals surface area (Å²) in [6.45, 7) is 0.832. The van der Waals surface area contributed by atoms with E-state index < -0.39 is 0 Å². The highest BCUT2D eigenvalue weighted by molar-refractivity contribution is 5.78. The van der Waals surface area contributed by atoms with Crippen LogP contribution in [0.1, 0.15) is 31.2 Å². The van der Waals surface area contributed by atoms with Crippen molar-refractivity contribution in [2.45, 2.75) is 32.1 Å². The molecule has 3 heteroatoms. The van der Waals surface area contributed by atoms with E-state index in [0.29, 0.717) is 12.3 Å². The van der Waals surface area contributed by atoms with Crippen LogP contribution >= 0.6 is 0 Å². The Balaban J connectivity index is 1.47. The lowest BCUT2D eigenvalue weighted by Gasteiger charge is -2.21. The zero-order valence-corrected chi connectivity index (χ0v) is 11.1. The van der Waals surface area contributed by atoms with Gasteiger partial charge in [-0.2, -0.15) is 0 Å². The van der Waals surface area contributed by atoms with Gasteiger partial charge >= 0.3 is 0 Å². The van der Waals surface area contributed by atoms with Crippen LogP contribution in [-0.4, -0.2) is 17.6 Å². The van der Waals surface area contributed by atoms with Crippen molar-refractivity contribution in [1.29, 1.82) is 0 Å². The summed E-state index contributed by atoms with van der Waals surface area (Å²) in [7, 11) is 0. The van der Waals surface area contributed by atoms with Crippen molar-refractivity contribution < 1.29 is 9.90 Å². The molecule has 102 valence electrons. The Kier molecular flexibility index (Phi) is 3.45. The molecule has 3 nitrogen and oxygen atoms in total. The lowest BCUT2D eigenvalue weighted by molar-refractivity contribution is -0.120. The second-order valence-electron chi connectivity index (χ2n) is 6.09. The molecule has 3 rings (SSSR count). The predicted molar refractivity (Wildman–Crippen MR) is 73.8 cm³/mol. The summed E-state index contributed by atoms with van der Waals surface area (Å²) in [5.41, 5.74) is 0.866. The molecule has 1 aromatic rings. The highest BCUT2D eigenvalue weighted by Gasteiger charge is 2.39. The fourth-order valence-corrected chi connectivity index (χ4v) is 3.79. The first-order chi connectivity index (χ1) is 9.20. The van der Waals surface area contributed by atoms with Crippen molar-refractivity contribution in [2.75, 3.05) is 6.54 Å². The maximum atomic E-state index is 11.9. The minimum atomic E-state index is 0.0633. The highest BCUT2D eigenvalue weighted by Crippen LogP contribution is 2.47. The topological polar surface area (TPSA) is 49.3 Å². The van der Waals surface area contributed by atoms with Crippen molar-refractivity contribution in [3.63, 3.8) is 0 Å². The number of hydrogen-bond acceptors (Lipinski definition) is 2. The molecule has 3 atom stereocenters. The zero-order valence-electron chi connectivity index (χ0n) is 11.1. The van der Waals surface area contributed by atoms with Gasteiger partial charge in [-0.1, -0.05) is 18.6 Å². The normalized spacial score (nSPS) is 28.5. The van der Waals surface area contributed by atoms with E-state index in [1.54, 1.807) is 18.2 Å². The van der Waals surface area contributed by atoms with E-state index in [4.69, 9.17) is 0 Å². The van der Waals surface area contributed by atoms with Crippen LogP contribution in [0.2, 0.25) is 0 Å². The molecule has 3 unspecified atom stereocenters. The zero-order chi connectivity index (χ0) is 13.2. The van der Waals surface area contributed by atoms with Crippen LogP contribution in [0.25, 0.3) is 0 Å². The highest BCUT2D eigenvalue weighted by atomic mass is 16.3. The summed E-state index contributed by atoms with van der Waals surface area (Å²) >= 11 is 0. The Morgan fingerprint density at radius 3 is 2.89 bits per heavy atom. The van der Waals surface area contributed by atoms with Crippen LogP contribution in [0, 0.1) is 17.8 Å². The number of phenolic OH excluding ortho intramolecular Hbond substituents is 1. The minimum absolute atomic E-state index is 0.0633. The molecule has 2 fully saturated rings. The van der Waals surface area contributed by atoms with Gasteiger partial charge in [-0.05, 0) is 54.7 Å². The number of fused-ring (bicyclic) bond motifs is 2. The monoisotopic (exact) mass is 259 g/mol. The molecule has 2 saturated carbocycles. The molecule has 0 radical (unpaired) electrons. The van der Waals surface area contributed by atoms with Gasteiger partial charge in [0.1, 0.15) is 5.75 Å². The van der Waals surface area contributed by atoms with Crippen molar-refractivity contribution >= 4 is 5.91 Å². The maximum Gasteiger partial charge on any atom is 0.224 e. The molecular formula is C16H21NO2. The Bertz CT molecular complexity index is 472. The second-order valence-corrected chi connectivity index (χ2v) is 6.09. The number of amides is 1. The number of rotatable bonds is 4. The lowest BCUT2D eigenvalue weighted by atomic mass is 9.89. The van der Waals surface area contributed by atoms with Gasteiger partial charge in [-0.15, -0.1) is 0 Å². The van der Waals surface area contributed by atoms with Crippen LogP contribution in [0.3, 0.4) is 0 Å². The number of carbonyl (C=O) groups is 1. The van der Waals surface area contributed by atoms with Crippen molar-refractivity contribution in [2.24, 2.45) is 17.8 Å². The summed E-state index contributed by atoms with van der Waals surface area (Å²) in [6, 6.07) is 6.92. The number of aromatic hydroxyl groups is 1. The fraction of sp³-hybridized carbons (Fsp3) is 0.562. The molecule has 2 bridgehead atoms. The molecule has 2 aliphatic rings. The summed E-state index contributed by atoms with van der Waals surface area (Å²) < 4.78 is 0. The molecule has 0 heterocycles. The smallest absolute Gasteiger partial charge is 0.224 e. The van der Waals surface area contributed by atoms with Gasteiger partial charge in [0, 0.05) is 6.54 Å². The lowest BCUT2D eigenvalue weighted by Crippen LogP contribution is -2.32. The Morgan fingerprint density at radius 1 is 1.32 bits per heavy atom. The van der Waals surface area contributed by atoms with Gasteiger partial charge < -0.3 is 10.4 Å². The maximum absolute atomic E-state index is 11.9. The van der Waals surface area contributed by atoms with E-state index in [1.807, 2.05) is 6.07 Å². The van der Waals surface area contributed by atoms with Gasteiger partial charge in [0.15, 0.2) is 0 Å². The Labute approximate surface area is 114 Å². The third kappa shape index (κ3) is 2.91. The molecule has 1 aromatic carbocycles. The molecular weight excluding hydrogens is 238 g/mol. The van der Waals surface area contributed by atoms with Crippen LogP contribution in [0.5, 0.6) is 5.75 Å². The van der Waals surface area contributed by atoms with Crippen molar-refractivity contribution in [3.05, 3.63) is 29.8 Å². The van der Waals surface area contributed by atoms with Crippen molar-refractivity contribution in [3.8, 4) is 5.75 Å². The van der Waals surface area contributed by atoms with Crippen LogP contribution in [-0.2, 0) is 11.2 Å². The van der Waals surface area contributed by atoms with E-state index in [2.05, 4.69) is 5.32 Å². The Hall–Kier alpha value is -1.51. The van der Waals surface area contributed by atoms with Gasteiger partial charge in [0.2, 0.25) is 5.91 Å². The van der Waals surface area contributed by atoms with Gasteiger partial charge in [0.25, 0.3) is 0 Å². The SMILES string of the molecule is O=C(Cc1cccc(O)c1)NCC1CC2CCC1C2. The largest absolute Gasteiger partial charge is 0.508 e. The van der Waals surface area contributed by atoms with Crippen LogP contribution in [0.15, 0.2) is 24.3 Å². The molecule has 2 aliphatic carbocycles. The van der Waals surface area contributed by atoms with E-state index in [-0.39, 0.29) is 11.7 Å². The van der Waals surface area contributed by atoms with E-state index in [9.17, 15) is 9.90 Å². The van der Waals surface area contributed by atoms with E-state index in [1.165, 1.54) is 25.7 Å². The summed E-state index contributed by atoms with van der Waals surface area (Å²) in [4.78, 5) is 11.9. The first-order valence-electron chi connectivity index (χ1n) is 7.25. The number of benzene rings is 1. The second kappa shape index (κ2) is 5.24. The number of nitrogens with one attached hydrogen (secondary N) is 1. The van der Waals surface area contributed by atoms with E-state index in [0.717, 1.165) is 23.9 Å². The molecule has 19 heavy (non-hydrogen) atoms. The van der Waals surface area contributed by atoms with Gasteiger partial charge in [-0.25, -0.2) is 0 Å². The average Bonchev–Trinajstić information content (AvgIpc) is 2.98. The van der Waals surface area contributed by atoms with Gasteiger partial charge in [0.05, 0.1) is 6.42 Å². The number of phenols is 1. The standard InChI is InChI=1S/C16H21NO2/c18-15-3-1-2-11(8-15)9-16(19)17-10-14-7-12-4-5-13(14)6-12/h1-3,8,12-14,18H,4-7,9-10H2,(H,17,19). The third-order valence-corrected chi connectivity index (χ3v) is 4.72. The first kappa shape index (κ1) is 12.5. The summed E-state index contributed by atoms with van der Waals surface area (Å²) in [5, 5.41) is 12.4. The number of carbonyl (C=O) groups excluding carboxylic acids is 1. The summed E-state index contributed by atoms with van der Waals surface area (Å²) in [6.07, 6.45) is 5.80. The number of hydrogen-bond donors (Lipinski definition) is 2. The minimum Gasteiger partial charge on any atom is -0.508 e. The molecule has 0 saturated heterocycles. The van der Waals surface area contributed by atoms with Crippen LogP contribution < -0.4 is 5.32 Å². The van der Waals surface area contributed by atoms with Crippen molar-refractivity contribution in [1.82, 2.24) is 5.32 Å². The third-order valence-electron chi connectivity index (χ3n) is 4.72. The van der Waals surface area contributed by atoms with E-state index >= 15 is 0 Å². The molecule has 0 spiro atoms. The quantitative estimate of drug-likeness (QED) is 0.872. The van der Waals surface area contributed by atoms with Crippen LogP contribution in [0.4, 0.5) is 0 Å². The average molecular weight is 259 g/mol. The molecule has 1 amide bonds. The Morgan fingerprint density at radius 2 is 2.21 bits per heavy atom. The first-order valence-corrected chi connectivity index (χ1v) is 7.25. The molecule has 2 N–H and O–H groups in total. The molecule has 0 aliphatic heterocycles. The van der Waals surface area contributed by atoms with Gasteiger partial charge in [-0.3, -0.25) is 4.79 Å². The predicted octanol–water partition coefficient (Wildman–Crippen LogP) is 2.49. The summed E-state index contributed by atoms with van der Waals surface area (Å²) in [5.74, 6) is 2.77.